The molecule has 0 bridgehead atoms. The Labute approximate surface area is 193 Å². The van der Waals surface area contributed by atoms with Crippen molar-refractivity contribution in [3.05, 3.63) is 108 Å². The largest absolute Gasteiger partial charge is 0.385 e. The van der Waals surface area contributed by atoms with Crippen LogP contribution in [0, 0.1) is 0 Å². The van der Waals surface area contributed by atoms with Gasteiger partial charge in [-0.3, -0.25) is 0 Å². The zero-order valence-corrected chi connectivity index (χ0v) is 18.4. The SMILES string of the molecule is CO[C@H]1O[C@@H]2COC(c3ccccc3)O[C@H]2[C@H](OC(c2ccccc2)c2ccccc2)[C@H]1O. The Kier molecular flexibility index (Phi) is 6.83. The Morgan fingerprint density at radius 3 is 1.97 bits per heavy atom. The molecule has 0 spiro atoms. The van der Waals surface area contributed by atoms with Crippen LogP contribution in [0.15, 0.2) is 91.0 Å². The third kappa shape index (κ3) is 4.73. The van der Waals surface area contributed by atoms with E-state index >= 15 is 0 Å². The lowest BCUT2D eigenvalue weighted by Crippen LogP contribution is -2.63. The monoisotopic (exact) mass is 448 g/mol. The highest BCUT2D eigenvalue weighted by atomic mass is 16.8. The maximum Gasteiger partial charge on any atom is 0.186 e. The number of methoxy groups -OCH3 is 1. The van der Waals surface area contributed by atoms with Crippen LogP contribution in [0.25, 0.3) is 0 Å². The maximum absolute atomic E-state index is 11.2. The summed E-state index contributed by atoms with van der Waals surface area (Å²) in [7, 11) is 1.51. The van der Waals surface area contributed by atoms with Crippen LogP contribution in [0.5, 0.6) is 0 Å². The Morgan fingerprint density at radius 1 is 0.818 bits per heavy atom. The number of hydrogen-bond acceptors (Lipinski definition) is 6. The second kappa shape index (κ2) is 10.1. The summed E-state index contributed by atoms with van der Waals surface area (Å²) in [4.78, 5) is 0. The van der Waals surface area contributed by atoms with E-state index in [1.165, 1.54) is 7.11 Å². The molecule has 6 nitrogen and oxygen atoms in total. The Morgan fingerprint density at radius 2 is 1.39 bits per heavy atom. The minimum Gasteiger partial charge on any atom is -0.385 e. The third-order valence-corrected chi connectivity index (χ3v) is 6.11. The molecule has 6 heteroatoms. The van der Waals surface area contributed by atoms with E-state index < -0.39 is 43.1 Å². The van der Waals surface area contributed by atoms with Crippen LogP contribution in [-0.2, 0) is 23.7 Å². The number of aliphatic hydroxyl groups excluding tert-OH is 1. The molecule has 0 radical (unpaired) electrons. The number of hydrogen-bond donors (Lipinski definition) is 1. The molecular formula is C27H28O6. The molecule has 2 heterocycles. The second-order valence-corrected chi connectivity index (χ2v) is 8.25. The molecule has 0 amide bonds. The lowest BCUT2D eigenvalue weighted by molar-refractivity contribution is -0.365. The summed E-state index contributed by atoms with van der Waals surface area (Å²) in [5, 5.41) is 11.2. The first-order valence-electron chi connectivity index (χ1n) is 11.2. The lowest BCUT2D eigenvalue weighted by atomic mass is 9.95. The molecule has 33 heavy (non-hydrogen) atoms. The fourth-order valence-electron chi connectivity index (χ4n) is 4.45. The highest BCUT2D eigenvalue weighted by Crippen LogP contribution is 2.38. The van der Waals surface area contributed by atoms with Gasteiger partial charge in [0.1, 0.15) is 30.5 Å². The van der Waals surface area contributed by atoms with Gasteiger partial charge in [0, 0.05) is 12.7 Å². The van der Waals surface area contributed by atoms with Gasteiger partial charge in [0.2, 0.25) is 0 Å². The van der Waals surface area contributed by atoms with Gasteiger partial charge in [-0.05, 0) is 11.1 Å². The van der Waals surface area contributed by atoms with Gasteiger partial charge in [0.05, 0.1) is 6.61 Å². The summed E-state index contributed by atoms with van der Waals surface area (Å²) < 4.78 is 30.3. The molecule has 1 unspecified atom stereocenters. The molecule has 1 N–H and O–H groups in total. The topological polar surface area (TPSA) is 66.4 Å². The van der Waals surface area contributed by atoms with Crippen molar-refractivity contribution in [3.8, 4) is 0 Å². The molecule has 3 aromatic rings. The first-order chi connectivity index (χ1) is 16.2. The van der Waals surface area contributed by atoms with Crippen molar-refractivity contribution in [2.45, 2.75) is 43.1 Å². The molecule has 2 aliphatic rings. The lowest BCUT2D eigenvalue weighted by Gasteiger charge is -2.48. The van der Waals surface area contributed by atoms with E-state index in [1.54, 1.807) is 0 Å². The van der Waals surface area contributed by atoms with Crippen LogP contribution < -0.4 is 0 Å². The number of aliphatic hydroxyl groups is 1. The smallest absolute Gasteiger partial charge is 0.186 e. The van der Waals surface area contributed by atoms with E-state index in [2.05, 4.69) is 0 Å². The van der Waals surface area contributed by atoms with Gasteiger partial charge >= 0.3 is 0 Å². The molecule has 5 rings (SSSR count). The summed E-state index contributed by atoms with van der Waals surface area (Å²) in [6.45, 7) is 0.304. The van der Waals surface area contributed by atoms with Crippen molar-refractivity contribution in [2.75, 3.05) is 13.7 Å². The van der Waals surface area contributed by atoms with E-state index in [-0.39, 0.29) is 0 Å². The highest BCUT2D eigenvalue weighted by Gasteiger charge is 2.51. The first kappa shape index (κ1) is 22.2. The average Bonchev–Trinajstić information content (AvgIpc) is 2.89. The van der Waals surface area contributed by atoms with Gasteiger partial charge in [-0.15, -0.1) is 0 Å². The Balaban J connectivity index is 1.47. The molecule has 6 atom stereocenters. The van der Waals surface area contributed by atoms with Gasteiger partial charge in [0.25, 0.3) is 0 Å². The highest BCUT2D eigenvalue weighted by molar-refractivity contribution is 5.30. The molecule has 3 aromatic carbocycles. The van der Waals surface area contributed by atoms with Gasteiger partial charge in [0.15, 0.2) is 12.6 Å². The summed E-state index contributed by atoms with van der Waals surface area (Å²) in [6.07, 6.45) is -4.53. The molecule has 0 aromatic heterocycles. The van der Waals surface area contributed by atoms with Crippen LogP contribution in [-0.4, -0.2) is 49.5 Å². The van der Waals surface area contributed by atoms with Gasteiger partial charge < -0.3 is 28.8 Å². The van der Waals surface area contributed by atoms with Gasteiger partial charge in [-0.1, -0.05) is 91.0 Å². The summed E-state index contributed by atoms with van der Waals surface area (Å²) >= 11 is 0. The van der Waals surface area contributed by atoms with E-state index in [9.17, 15) is 5.11 Å². The maximum atomic E-state index is 11.2. The number of benzene rings is 3. The fourth-order valence-corrected chi connectivity index (χ4v) is 4.45. The standard InChI is InChI=1S/C27H28O6/c1-29-27-22(28)25(24-21(31-27)17-30-26(33-24)20-15-9-4-10-16-20)32-23(18-11-5-2-6-12-18)19-13-7-3-8-14-19/h2-16,21-28H,17H2,1H3/t21-,22-,24-,25-,26?,27+/m1/s1. The number of rotatable bonds is 6. The second-order valence-electron chi connectivity index (χ2n) is 8.25. The Hall–Kier alpha value is -2.58. The van der Waals surface area contributed by atoms with Crippen LogP contribution in [0.1, 0.15) is 29.1 Å². The molecule has 0 aliphatic carbocycles. The van der Waals surface area contributed by atoms with E-state index in [0.29, 0.717) is 6.61 Å². The molecule has 2 saturated heterocycles. The zero-order valence-electron chi connectivity index (χ0n) is 18.4. The van der Waals surface area contributed by atoms with Gasteiger partial charge in [-0.25, -0.2) is 0 Å². The summed E-state index contributed by atoms with van der Waals surface area (Å²) in [6, 6.07) is 29.7. The summed E-state index contributed by atoms with van der Waals surface area (Å²) in [5.74, 6) is 0. The molecule has 2 aliphatic heterocycles. The third-order valence-electron chi connectivity index (χ3n) is 6.11. The summed E-state index contributed by atoms with van der Waals surface area (Å²) in [5.41, 5.74) is 2.87. The van der Waals surface area contributed by atoms with Crippen molar-refractivity contribution < 1.29 is 28.8 Å². The van der Waals surface area contributed by atoms with Crippen LogP contribution in [0.3, 0.4) is 0 Å². The minimum atomic E-state index is -1.04. The van der Waals surface area contributed by atoms with E-state index in [0.717, 1.165) is 16.7 Å². The quantitative estimate of drug-likeness (QED) is 0.615. The van der Waals surface area contributed by atoms with E-state index in [1.807, 2.05) is 91.0 Å². The van der Waals surface area contributed by atoms with Crippen LogP contribution >= 0.6 is 0 Å². The van der Waals surface area contributed by atoms with Crippen molar-refractivity contribution >= 4 is 0 Å². The van der Waals surface area contributed by atoms with Gasteiger partial charge in [-0.2, -0.15) is 0 Å². The normalized spacial score (nSPS) is 29.5. The fraction of sp³-hybridized carbons (Fsp3) is 0.333. The van der Waals surface area contributed by atoms with Crippen molar-refractivity contribution in [3.63, 3.8) is 0 Å². The van der Waals surface area contributed by atoms with Crippen LogP contribution in [0.2, 0.25) is 0 Å². The Bertz CT molecular complexity index is 959. The van der Waals surface area contributed by atoms with E-state index in [4.69, 9.17) is 23.7 Å². The van der Waals surface area contributed by atoms with Crippen molar-refractivity contribution in [1.29, 1.82) is 0 Å². The molecular weight excluding hydrogens is 420 g/mol. The molecule has 0 saturated carbocycles. The molecule has 172 valence electrons. The van der Waals surface area contributed by atoms with Crippen molar-refractivity contribution in [2.24, 2.45) is 0 Å². The molecule has 2 fully saturated rings. The predicted octanol–water partition coefficient (Wildman–Crippen LogP) is 4.01. The van der Waals surface area contributed by atoms with Crippen molar-refractivity contribution in [1.82, 2.24) is 0 Å². The average molecular weight is 449 g/mol. The predicted molar refractivity (Wildman–Crippen MR) is 121 cm³/mol. The number of ether oxygens (including phenoxy) is 5. The van der Waals surface area contributed by atoms with Crippen LogP contribution in [0.4, 0.5) is 0 Å². The number of fused-ring (bicyclic) bond motifs is 1. The minimum absolute atomic E-state index is 0.304. The first-order valence-corrected chi connectivity index (χ1v) is 11.2. The zero-order chi connectivity index (χ0) is 22.6.